The lowest BCUT2D eigenvalue weighted by Crippen LogP contribution is -2.50. The summed E-state index contributed by atoms with van der Waals surface area (Å²) in [7, 11) is 0. The second kappa shape index (κ2) is 25.0. The molecule has 0 radical (unpaired) electrons. The molecule has 2 aromatic heterocycles. The number of likely N-dealkylation sites (tertiary alicyclic amines) is 1. The van der Waals surface area contributed by atoms with E-state index in [9.17, 15) is 9.59 Å². The number of unbranched alkanes of at least 4 members (excludes halogenated alkanes) is 5. The number of carboxylic acid groups (broad SMARTS) is 1. The lowest BCUT2D eigenvalue weighted by molar-refractivity contribution is -0.137. The van der Waals surface area contributed by atoms with Gasteiger partial charge in [-0.15, -0.1) is 0 Å². The van der Waals surface area contributed by atoms with Gasteiger partial charge in [0.25, 0.3) is 0 Å². The second-order valence-electron chi connectivity index (χ2n) is 16.7. The number of rotatable bonds is 27. The molecule has 0 aliphatic carbocycles. The van der Waals surface area contributed by atoms with E-state index in [1.807, 2.05) is 51.1 Å². The van der Waals surface area contributed by atoms with E-state index in [0.29, 0.717) is 83.6 Å². The van der Waals surface area contributed by atoms with Crippen LogP contribution in [0.4, 0.5) is 16.2 Å². The molecule has 1 aliphatic rings. The average molecular weight is 858 g/mol. The Labute approximate surface area is 366 Å². The summed E-state index contributed by atoms with van der Waals surface area (Å²) < 4.78 is 28.5. The van der Waals surface area contributed by atoms with Crippen LogP contribution in [0.3, 0.4) is 0 Å². The second-order valence-corrected chi connectivity index (χ2v) is 16.7. The molecule has 1 amide bonds. The van der Waals surface area contributed by atoms with Gasteiger partial charge in [-0.25, -0.2) is 9.78 Å². The fourth-order valence-corrected chi connectivity index (χ4v) is 7.12. The molecule has 1 atom stereocenters. The number of ether oxygens (including phenoxy) is 5. The Morgan fingerprint density at radius 3 is 2.06 bits per heavy atom. The van der Waals surface area contributed by atoms with Crippen molar-refractivity contribution in [3.63, 3.8) is 0 Å². The highest BCUT2D eigenvalue weighted by Gasteiger charge is 2.41. The Hall–Kier alpha value is -5.25. The van der Waals surface area contributed by atoms with Crippen LogP contribution in [0.2, 0.25) is 0 Å². The number of aromatic amines is 1. The Morgan fingerprint density at radius 1 is 0.806 bits per heavy atom. The number of piperidine rings is 1. The number of hydrogen-bond donors (Lipinski definition) is 4. The third-order valence-corrected chi connectivity index (χ3v) is 10.5. The minimum atomic E-state index is -0.745. The summed E-state index contributed by atoms with van der Waals surface area (Å²) in [4.78, 5) is 34.3. The summed E-state index contributed by atoms with van der Waals surface area (Å²) in [5.41, 5.74) is 2.74. The van der Waals surface area contributed by atoms with Crippen molar-refractivity contribution in [2.75, 3.05) is 70.0 Å². The fourth-order valence-electron chi connectivity index (χ4n) is 7.12. The number of carbonyl (C=O) groups is 2. The van der Waals surface area contributed by atoms with Gasteiger partial charge in [0.05, 0.1) is 33.0 Å². The maximum Gasteiger partial charge on any atom is 0.410 e. The summed E-state index contributed by atoms with van der Waals surface area (Å²) in [6.07, 6.45) is 11.2. The molecule has 15 nitrogen and oxygen atoms in total. The third kappa shape index (κ3) is 16.6. The summed E-state index contributed by atoms with van der Waals surface area (Å²) >= 11 is 0. The Kier molecular flexibility index (Phi) is 19.3. The first-order valence-electron chi connectivity index (χ1n) is 22.1. The van der Waals surface area contributed by atoms with Crippen molar-refractivity contribution in [1.82, 2.24) is 25.1 Å². The van der Waals surface area contributed by atoms with Crippen molar-refractivity contribution < 1.29 is 38.4 Å². The van der Waals surface area contributed by atoms with Crippen LogP contribution in [-0.2, 0) is 29.3 Å². The van der Waals surface area contributed by atoms with E-state index in [1.54, 1.807) is 17.3 Å². The van der Waals surface area contributed by atoms with Gasteiger partial charge in [-0.1, -0.05) is 31.0 Å². The number of aliphatic carboxylic acids is 1. The van der Waals surface area contributed by atoms with Crippen molar-refractivity contribution in [3.05, 3.63) is 84.4 Å². The van der Waals surface area contributed by atoms with E-state index in [1.165, 1.54) is 0 Å². The fraction of sp³-hybridized carbons (Fsp3) is 0.553. The quantitative estimate of drug-likeness (QED) is 0.0418. The monoisotopic (exact) mass is 858 g/mol. The number of carbonyl (C=O) groups excluding carboxylic acids is 1. The number of carboxylic acids is 1. The summed E-state index contributed by atoms with van der Waals surface area (Å²) in [5, 5.41) is 23.9. The molecule has 338 valence electrons. The van der Waals surface area contributed by atoms with Gasteiger partial charge in [-0.05, 0) is 121 Å². The average Bonchev–Trinajstić information content (AvgIpc) is 3.76. The molecule has 0 spiro atoms. The minimum Gasteiger partial charge on any atom is -0.494 e. The van der Waals surface area contributed by atoms with Crippen LogP contribution < -0.4 is 15.4 Å². The molecule has 1 fully saturated rings. The molecule has 1 aliphatic heterocycles. The Morgan fingerprint density at radius 2 is 1.42 bits per heavy atom. The molecule has 4 N–H and O–H groups in total. The number of aromatic nitrogens is 4. The van der Waals surface area contributed by atoms with Gasteiger partial charge in [-0.2, -0.15) is 5.10 Å². The summed E-state index contributed by atoms with van der Waals surface area (Å²) in [6, 6.07) is 20.3. The topological polar surface area (TPSA) is 182 Å². The number of nitrogens with one attached hydrogen (secondary N) is 3. The Bertz CT molecular complexity index is 1900. The molecule has 0 saturated carbocycles. The van der Waals surface area contributed by atoms with Crippen molar-refractivity contribution in [1.29, 1.82) is 0 Å². The van der Waals surface area contributed by atoms with Crippen LogP contribution in [0.15, 0.2) is 73.1 Å². The number of hydrogen-bond acceptors (Lipinski definition) is 12. The van der Waals surface area contributed by atoms with Crippen LogP contribution in [0, 0.1) is 0 Å². The van der Waals surface area contributed by atoms with Crippen LogP contribution >= 0.6 is 0 Å². The SMILES string of the molecule is C[C@H](Nc1cccc(NC2(c3nc(-c4ccncc4)n[nH]3)CCN(C(=O)OC(C)(C)C)CC2)c1)c1ccc(OCCCCCCOCCOCCOCCCCCC(=O)O)cc1. The van der Waals surface area contributed by atoms with E-state index in [0.717, 1.165) is 73.4 Å². The Balaban J connectivity index is 1.00. The van der Waals surface area contributed by atoms with E-state index in [4.69, 9.17) is 33.8 Å². The first-order valence-corrected chi connectivity index (χ1v) is 22.1. The third-order valence-electron chi connectivity index (χ3n) is 10.5. The predicted octanol–water partition coefficient (Wildman–Crippen LogP) is 9.01. The maximum absolute atomic E-state index is 13.0. The number of amides is 1. The van der Waals surface area contributed by atoms with Crippen molar-refractivity contribution >= 4 is 23.4 Å². The van der Waals surface area contributed by atoms with E-state index < -0.39 is 17.1 Å². The standard InChI is InChI=1S/C47H67N7O8/c1-36(37-16-18-41(19-17-37)61-30-11-6-5-9-28-58-31-33-60-34-32-59-29-10-7-8-15-42(55)56)49-39-13-12-14-40(35-39)51-47(22-26-54(27-23-47)45(57)62-46(2,3)4)44-50-43(52-53-44)38-20-24-48-25-21-38/h12-14,16-21,24-25,35-36,49,51H,5-11,15,22-23,26-34H2,1-4H3,(H,55,56)(H,50,52,53)/t36-/m0/s1. The molecule has 15 heteroatoms. The highest BCUT2D eigenvalue weighted by molar-refractivity contribution is 5.68. The zero-order chi connectivity index (χ0) is 44.0. The first-order chi connectivity index (χ1) is 30.0. The molecule has 2 aromatic carbocycles. The number of nitrogens with zero attached hydrogens (tertiary/aromatic N) is 4. The van der Waals surface area contributed by atoms with Gasteiger partial charge >= 0.3 is 12.1 Å². The predicted molar refractivity (Wildman–Crippen MR) is 239 cm³/mol. The normalized spacial score (nSPS) is 14.3. The number of anilines is 2. The number of benzene rings is 2. The minimum absolute atomic E-state index is 0.0458. The number of H-pyrrole nitrogens is 1. The van der Waals surface area contributed by atoms with Crippen molar-refractivity contribution in [2.45, 2.75) is 109 Å². The summed E-state index contributed by atoms with van der Waals surface area (Å²) in [5.74, 6) is 1.42. The van der Waals surface area contributed by atoms with Gasteiger partial charge in [0.1, 0.15) is 16.9 Å². The van der Waals surface area contributed by atoms with Crippen LogP contribution in [-0.4, -0.2) is 107 Å². The van der Waals surface area contributed by atoms with Gasteiger partial charge in [0.2, 0.25) is 0 Å². The van der Waals surface area contributed by atoms with Crippen LogP contribution in [0.5, 0.6) is 5.75 Å². The zero-order valence-corrected chi connectivity index (χ0v) is 37.0. The largest absolute Gasteiger partial charge is 0.494 e. The molecule has 0 bridgehead atoms. The van der Waals surface area contributed by atoms with Gasteiger partial charge in [0, 0.05) is 68.1 Å². The molecular formula is C47H67N7O8. The van der Waals surface area contributed by atoms with Crippen LogP contribution in [0.1, 0.15) is 109 Å². The molecular weight excluding hydrogens is 791 g/mol. The van der Waals surface area contributed by atoms with E-state index in [2.05, 4.69) is 63.1 Å². The lowest BCUT2D eigenvalue weighted by atomic mass is 9.86. The van der Waals surface area contributed by atoms with Gasteiger partial charge in [-0.3, -0.25) is 14.9 Å². The van der Waals surface area contributed by atoms with Crippen molar-refractivity contribution in [3.8, 4) is 17.1 Å². The molecule has 1 saturated heterocycles. The molecule has 4 aromatic rings. The molecule has 3 heterocycles. The first kappa shape index (κ1) is 47.8. The molecule has 5 rings (SSSR count). The van der Waals surface area contributed by atoms with Crippen LogP contribution in [0.25, 0.3) is 11.4 Å². The maximum atomic E-state index is 13.0. The van der Waals surface area contributed by atoms with Gasteiger partial charge in [0.15, 0.2) is 11.6 Å². The van der Waals surface area contributed by atoms with Gasteiger partial charge < -0.3 is 44.3 Å². The highest BCUT2D eigenvalue weighted by atomic mass is 16.6. The lowest BCUT2D eigenvalue weighted by Gasteiger charge is -2.41. The van der Waals surface area contributed by atoms with Crippen molar-refractivity contribution in [2.24, 2.45) is 0 Å². The zero-order valence-electron chi connectivity index (χ0n) is 37.0. The molecule has 0 unspecified atom stereocenters. The smallest absolute Gasteiger partial charge is 0.410 e. The van der Waals surface area contributed by atoms with E-state index in [-0.39, 0.29) is 18.6 Å². The summed E-state index contributed by atoms with van der Waals surface area (Å²) in [6.45, 7) is 13.0. The van der Waals surface area contributed by atoms with E-state index >= 15 is 0 Å². The highest BCUT2D eigenvalue weighted by Crippen LogP contribution is 2.37. The molecule has 62 heavy (non-hydrogen) atoms. The number of pyridine rings is 1.